The maximum Gasteiger partial charge on any atom is 0.177 e. The van der Waals surface area contributed by atoms with Crippen molar-refractivity contribution in [3.63, 3.8) is 0 Å². The van der Waals surface area contributed by atoms with E-state index in [9.17, 15) is 4.79 Å². The molecule has 4 rings (SSSR count). The van der Waals surface area contributed by atoms with Crippen molar-refractivity contribution in [3.8, 4) is 0 Å². The molecule has 0 saturated carbocycles. The van der Waals surface area contributed by atoms with Crippen LogP contribution in [0.3, 0.4) is 0 Å². The van der Waals surface area contributed by atoms with Crippen LogP contribution in [0.25, 0.3) is 11.0 Å². The molecule has 1 unspecified atom stereocenters. The second-order valence-electron chi connectivity index (χ2n) is 6.57. The first kappa shape index (κ1) is 15.5. The van der Waals surface area contributed by atoms with Gasteiger partial charge in [-0.1, -0.05) is 12.1 Å². The molecule has 0 aliphatic carbocycles. The Kier molecular flexibility index (Phi) is 4.21. The number of imidazole rings is 1. The normalized spacial score (nSPS) is 19.0. The number of carbonyl (C=O) groups excluding carboxylic acids is 1. The van der Waals surface area contributed by atoms with Gasteiger partial charge in [0.25, 0.3) is 0 Å². The van der Waals surface area contributed by atoms with Crippen LogP contribution >= 0.6 is 11.3 Å². The Morgan fingerprint density at radius 3 is 3.04 bits per heavy atom. The maximum atomic E-state index is 12.8. The molecule has 0 bridgehead atoms. The van der Waals surface area contributed by atoms with Gasteiger partial charge in [0.15, 0.2) is 5.78 Å². The van der Waals surface area contributed by atoms with E-state index in [0.717, 1.165) is 59.8 Å². The molecule has 1 fully saturated rings. The molecular formula is C19H21N3OS. The predicted octanol–water partition coefficient (Wildman–Crippen LogP) is 4.03. The SMILES string of the molecule is Cc1ccsc1C(=O)C1CCCN(Cc2nc3ccccc3[nH]2)C1. The molecule has 3 aromatic rings. The summed E-state index contributed by atoms with van der Waals surface area (Å²) in [5.41, 5.74) is 3.19. The Hall–Kier alpha value is -1.98. The van der Waals surface area contributed by atoms with Crippen LogP contribution in [0.15, 0.2) is 35.7 Å². The minimum absolute atomic E-state index is 0.112. The number of H-pyrrole nitrogens is 1. The van der Waals surface area contributed by atoms with E-state index < -0.39 is 0 Å². The number of likely N-dealkylation sites (tertiary alicyclic amines) is 1. The molecule has 1 aliphatic heterocycles. The molecule has 4 nitrogen and oxygen atoms in total. The number of carbonyl (C=O) groups is 1. The lowest BCUT2D eigenvalue weighted by Gasteiger charge is -2.31. The Labute approximate surface area is 145 Å². The smallest absolute Gasteiger partial charge is 0.177 e. The molecule has 0 amide bonds. The number of aromatic amines is 1. The molecule has 0 spiro atoms. The summed E-state index contributed by atoms with van der Waals surface area (Å²) in [5, 5.41) is 2.01. The monoisotopic (exact) mass is 339 g/mol. The number of hydrogen-bond acceptors (Lipinski definition) is 4. The standard InChI is InChI=1S/C19H21N3OS/c1-13-8-10-24-19(13)18(23)14-5-4-9-22(11-14)12-17-20-15-6-2-3-7-16(15)21-17/h2-3,6-8,10,14H,4-5,9,11-12H2,1H3,(H,20,21). The fourth-order valence-electron chi connectivity index (χ4n) is 3.52. The molecule has 5 heteroatoms. The summed E-state index contributed by atoms with van der Waals surface area (Å²) in [7, 11) is 0. The van der Waals surface area contributed by atoms with Gasteiger partial charge >= 0.3 is 0 Å². The second-order valence-corrected chi connectivity index (χ2v) is 7.49. The van der Waals surface area contributed by atoms with Crippen LogP contribution in [0, 0.1) is 12.8 Å². The zero-order valence-electron chi connectivity index (χ0n) is 13.8. The highest BCUT2D eigenvalue weighted by Gasteiger charge is 2.28. The van der Waals surface area contributed by atoms with Gasteiger partial charge in [0.1, 0.15) is 5.82 Å². The summed E-state index contributed by atoms with van der Waals surface area (Å²) < 4.78 is 0. The number of thiophene rings is 1. The van der Waals surface area contributed by atoms with Crippen molar-refractivity contribution in [1.29, 1.82) is 0 Å². The van der Waals surface area contributed by atoms with Crippen LogP contribution in [0.4, 0.5) is 0 Å². The van der Waals surface area contributed by atoms with E-state index in [-0.39, 0.29) is 5.92 Å². The first-order valence-electron chi connectivity index (χ1n) is 8.45. The lowest BCUT2D eigenvalue weighted by molar-refractivity contribution is 0.0812. The fourth-order valence-corrected chi connectivity index (χ4v) is 4.46. The Balaban J connectivity index is 1.46. The van der Waals surface area contributed by atoms with Crippen molar-refractivity contribution < 1.29 is 4.79 Å². The maximum absolute atomic E-state index is 12.8. The van der Waals surface area contributed by atoms with Crippen molar-refractivity contribution in [2.45, 2.75) is 26.3 Å². The van der Waals surface area contributed by atoms with Gasteiger partial charge in [-0.2, -0.15) is 0 Å². The van der Waals surface area contributed by atoms with E-state index in [1.165, 1.54) is 0 Å². The average Bonchev–Trinajstić information content (AvgIpc) is 3.19. The van der Waals surface area contributed by atoms with E-state index in [2.05, 4.69) is 14.9 Å². The number of hydrogen-bond donors (Lipinski definition) is 1. The number of ketones is 1. The topological polar surface area (TPSA) is 49.0 Å². The van der Waals surface area contributed by atoms with Crippen LogP contribution in [0.5, 0.6) is 0 Å². The minimum Gasteiger partial charge on any atom is -0.341 e. The number of benzene rings is 1. The molecule has 3 heterocycles. The first-order chi connectivity index (χ1) is 11.7. The molecule has 1 saturated heterocycles. The number of Topliss-reactive ketones (excluding diaryl/α,β-unsaturated/α-hetero) is 1. The molecule has 1 N–H and O–H groups in total. The molecule has 1 aromatic carbocycles. The molecule has 1 atom stereocenters. The van der Waals surface area contributed by atoms with E-state index >= 15 is 0 Å². The highest BCUT2D eigenvalue weighted by atomic mass is 32.1. The Morgan fingerprint density at radius 2 is 2.25 bits per heavy atom. The Bertz CT molecular complexity index is 833. The summed E-state index contributed by atoms with van der Waals surface area (Å²) >= 11 is 1.57. The van der Waals surface area contributed by atoms with Crippen molar-refractivity contribution in [1.82, 2.24) is 14.9 Å². The summed E-state index contributed by atoms with van der Waals surface area (Å²) in [6, 6.07) is 10.1. The van der Waals surface area contributed by atoms with E-state index in [0.29, 0.717) is 5.78 Å². The number of rotatable bonds is 4. The van der Waals surface area contributed by atoms with Crippen molar-refractivity contribution >= 4 is 28.2 Å². The quantitative estimate of drug-likeness (QED) is 0.730. The van der Waals surface area contributed by atoms with Crippen LogP contribution < -0.4 is 0 Å². The highest BCUT2D eigenvalue weighted by molar-refractivity contribution is 7.12. The van der Waals surface area contributed by atoms with Crippen LogP contribution in [-0.2, 0) is 6.54 Å². The van der Waals surface area contributed by atoms with E-state index in [4.69, 9.17) is 0 Å². The lowest BCUT2D eigenvalue weighted by atomic mass is 9.92. The van der Waals surface area contributed by atoms with Gasteiger partial charge in [-0.15, -0.1) is 11.3 Å². The van der Waals surface area contributed by atoms with Gasteiger partial charge in [0, 0.05) is 12.5 Å². The van der Waals surface area contributed by atoms with Gasteiger partial charge in [0.2, 0.25) is 0 Å². The van der Waals surface area contributed by atoms with Gasteiger partial charge < -0.3 is 4.98 Å². The molecule has 1 aliphatic rings. The number of aryl methyl sites for hydroxylation is 1. The van der Waals surface area contributed by atoms with E-state index in [1.54, 1.807) is 11.3 Å². The summed E-state index contributed by atoms with van der Waals surface area (Å²) in [6.45, 7) is 4.66. The minimum atomic E-state index is 0.112. The zero-order valence-corrected chi connectivity index (χ0v) is 14.6. The van der Waals surface area contributed by atoms with Crippen molar-refractivity contribution in [2.24, 2.45) is 5.92 Å². The summed E-state index contributed by atoms with van der Waals surface area (Å²) in [6.07, 6.45) is 2.06. The van der Waals surface area contributed by atoms with Crippen molar-refractivity contribution in [3.05, 3.63) is 52.0 Å². The third-order valence-corrected chi connectivity index (χ3v) is 5.81. The second kappa shape index (κ2) is 6.49. The molecule has 24 heavy (non-hydrogen) atoms. The van der Waals surface area contributed by atoms with Crippen LogP contribution in [-0.4, -0.2) is 33.7 Å². The van der Waals surface area contributed by atoms with Gasteiger partial charge in [-0.25, -0.2) is 4.98 Å². The Morgan fingerprint density at radius 1 is 1.38 bits per heavy atom. The zero-order chi connectivity index (χ0) is 16.5. The average molecular weight is 339 g/mol. The number of nitrogens with one attached hydrogen (secondary N) is 1. The lowest BCUT2D eigenvalue weighted by Crippen LogP contribution is -2.38. The van der Waals surface area contributed by atoms with Gasteiger partial charge in [-0.05, 0) is 55.5 Å². The number of piperidine rings is 1. The van der Waals surface area contributed by atoms with Gasteiger partial charge in [-0.3, -0.25) is 9.69 Å². The third kappa shape index (κ3) is 3.01. The predicted molar refractivity (Wildman–Crippen MR) is 97.5 cm³/mol. The molecule has 124 valence electrons. The number of nitrogens with zero attached hydrogens (tertiary/aromatic N) is 2. The van der Waals surface area contributed by atoms with Gasteiger partial charge in [0.05, 0.1) is 22.5 Å². The summed E-state index contributed by atoms with van der Waals surface area (Å²) in [5.74, 6) is 1.41. The number of aromatic nitrogens is 2. The first-order valence-corrected chi connectivity index (χ1v) is 9.33. The van der Waals surface area contributed by atoms with Crippen LogP contribution in [0.1, 0.15) is 33.9 Å². The van der Waals surface area contributed by atoms with Crippen molar-refractivity contribution in [2.75, 3.05) is 13.1 Å². The number of fused-ring (bicyclic) bond motifs is 1. The largest absolute Gasteiger partial charge is 0.341 e. The number of para-hydroxylation sites is 2. The molecule has 2 aromatic heterocycles. The molecule has 0 radical (unpaired) electrons. The highest BCUT2D eigenvalue weighted by Crippen LogP contribution is 2.26. The summed E-state index contributed by atoms with van der Waals surface area (Å²) in [4.78, 5) is 24.1. The third-order valence-electron chi connectivity index (χ3n) is 4.77. The fraction of sp³-hybridized carbons (Fsp3) is 0.368. The molecular weight excluding hydrogens is 318 g/mol. The van der Waals surface area contributed by atoms with E-state index in [1.807, 2.05) is 42.6 Å². The van der Waals surface area contributed by atoms with Crippen LogP contribution in [0.2, 0.25) is 0 Å².